The lowest BCUT2D eigenvalue weighted by Gasteiger charge is -2.44. The van der Waals surface area contributed by atoms with Gasteiger partial charge in [0, 0.05) is 23.8 Å². The van der Waals surface area contributed by atoms with Crippen molar-refractivity contribution < 1.29 is 14.6 Å². The zero-order valence-electron chi connectivity index (χ0n) is 10.4. The van der Waals surface area contributed by atoms with Gasteiger partial charge in [-0.25, -0.2) is 0 Å². The summed E-state index contributed by atoms with van der Waals surface area (Å²) in [5.74, 6) is 1.33. The molecule has 96 valence electrons. The molecule has 5 heteroatoms. The topological polar surface area (TPSA) is 46.5 Å². The van der Waals surface area contributed by atoms with Gasteiger partial charge in [0.25, 0.3) is 0 Å². The molecule has 2 bridgehead atoms. The Morgan fingerprint density at radius 2 is 1.94 bits per heavy atom. The molecular weight excluding hydrogens is 256 g/mol. The van der Waals surface area contributed by atoms with Crippen LogP contribution in [0.25, 0.3) is 0 Å². The molecule has 1 N–H and O–H groups in total. The van der Waals surface area contributed by atoms with Crippen molar-refractivity contribution in [2.45, 2.75) is 42.5 Å². The highest BCUT2D eigenvalue weighted by Gasteiger charge is 2.75. The largest absolute Gasteiger partial charge is 0.481 e. The van der Waals surface area contributed by atoms with Crippen molar-refractivity contribution >= 4 is 29.5 Å². The molecule has 3 heterocycles. The highest BCUT2D eigenvalue weighted by molar-refractivity contribution is 8.21. The first kappa shape index (κ1) is 12.2. The SMILES string of the molecule is C[C@@H]1[C@@H](C(=O)O)[C@@]2(C)CC3(SCCS3)[C@]1(C)O2. The second kappa shape index (κ2) is 3.36. The van der Waals surface area contributed by atoms with Gasteiger partial charge in [-0.15, -0.1) is 23.5 Å². The van der Waals surface area contributed by atoms with Crippen LogP contribution in [0, 0.1) is 11.8 Å². The zero-order chi connectivity index (χ0) is 12.5. The van der Waals surface area contributed by atoms with E-state index in [1.807, 2.05) is 37.4 Å². The molecule has 0 aromatic carbocycles. The maximum Gasteiger partial charge on any atom is 0.309 e. The normalized spacial score (nSPS) is 51.2. The lowest BCUT2D eigenvalue weighted by atomic mass is 9.68. The lowest BCUT2D eigenvalue weighted by Crippen LogP contribution is -2.53. The quantitative estimate of drug-likeness (QED) is 0.796. The summed E-state index contributed by atoms with van der Waals surface area (Å²) in [7, 11) is 0. The van der Waals surface area contributed by atoms with Gasteiger partial charge in [-0.3, -0.25) is 4.79 Å². The van der Waals surface area contributed by atoms with Gasteiger partial charge in [0.15, 0.2) is 0 Å². The van der Waals surface area contributed by atoms with Crippen molar-refractivity contribution in [1.29, 1.82) is 0 Å². The predicted octanol–water partition coefficient (Wildman–Crippen LogP) is 2.45. The Labute approximate surface area is 110 Å². The van der Waals surface area contributed by atoms with Gasteiger partial charge in [-0.05, 0) is 13.8 Å². The van der Waals surface area contributed by atoms with E-state index in [4.69, 9.17) is 4.74 Å². The molecule has 0 unspecified atom stereocenters. The molecule has 3 rings (SSSR count). The number of hydrogen-bond donors (Lipinski definition) is 1. The molecule has 17 heavy (non-hydrogen) atoms. The maximum atomic E-state index is 11.5. The summed E-state index contributed by atoms with van der Waals surface area (Å²) in [6.45, 7) is 6.16. The molecule has 3 aliphatic rings. The molecule has 4 atom stereocenters. The molecule has 3 aliphatic heterocycles. The minimum Gasteiger partial charge on any atom is -0.481 e. The van der Waals surface area contributed by atoms with Crippen LogP contribution >= 0.6 is 23.5 Å². The van der Waals surface area contributed by atoms with E-state index in [1.54, 1.807) is 0 Å². The Balaban J connectivity index is 2.04. The molecule has 3 saturated heterocycles. The number of carboxylic acid groups (broad SMARTS) is 1. The number of carboxylic acids is 1. The summed E-state index contributed by atoms with van der Waals surface area (Å²) in [6.07, 6.45) is 0.868. The predicted molar refractivity (Wildman–Crippen MR) is 70.4 cm³/mol. The number of aliphatic carboxylic acids is 1. The minimum atomic E-state index is -0.702. The summed E-state index contributed by atoms with van der Waals surface area (Å²) >= 11 is 3.95. The molecule has 0 radical (unpaired) electrons. The third-order valence-corrected chi connectivity index (χ3v) is 8.65. The van der Waals surface area contributed by atoms with Crippen molar-refractivity contribution in [3.63, 3.8) is 0 Å². The molecule has 3 nitrogen and oxygen atoms in total. The molecule has 1 spiro atoms. The van der Waals surface area contributed by atoms with Crippen molar-refractivity contribution in [2.24, 2.45) is 11.8 Å². The van der Waals surface area contributed by atoms with Crippen LogP contribution in [0.15, 0.2) is 0 Å². The highest BCUT2D eigenvalue weighted by Crippen LogP contribution is 2.71. The smallest absolute Gasteiger partial charge is 0.309 e. The van der Waals surface area contributed by atoms with Crippen LogP contribution in [0.1, 0.15) is 27.2 Å². The van der Waals surface area contributed by atoms with Gasteiger partial charge in [-0.2, -0.15) is 0 Å². The number of ether oxygens (including phenoxy) is 1. The van der Waals surface area contributed by atoms with Crippen LogP contribution in [0.4, 0.5) is 0 Å². The Morgan fingerprint density at radius 1 is 1.35 bits per heavy atom. The summed E-state index contributed by atoms with van der Waals surface area (Å²) in [5.41, 5.74) is -0.777. The standard InChI is InChI=1S/C12H18O3S2/c1-7-8(9(13)14)10(2)6-12(11(7,3)15-10)16-4-5-17-12/h7-8H,4-6H2,1-3H3,(H,13,14)/t7-,8+,10-,11-/m1/s1. The van der Waals surface area contributed by atoms with Crippen molar-refractivity contribution in [3.8, 4) is 0 Å². The van der Waals surface area contributed by atoms with E-state index >= 15 is 0 Å². The minimum absolute atomic E-state index is 0.0804. The Bertz CT molecular complexity index is 380. The third kappa shape index (κ3) is 1.28. The van der Waals surface area contributed by atoms with Crippen LogP contribution in [-0.2, 0) is 9.53 Å². The van der Waals surface area contributed by atoms with Crippen molar-refractivity contribution in [3.05, 3.63) is 0 Å². The van der Waals surface area contributed by atoms with E-state index in [1.165, 1.54) is 0 Å². The second-order valence-electron chi connectivity index (χ2n) is 5.75. The molecule has 0 aromatic rings. The van der Waals surface area contributed by atoms with E-state index in [2.05, 4.69) is 6.92 Å². The summed E-state index contributed by atoms with van der Waals surface area (Å²) in [5, 5.41) is 9.42. The van der Waals surface area contributed by atoms with Crippen LogP contribution < -0.4 is 0 Å². The Hall–Kier alpha value is 0.130. The first-order valence-electron chi connectivity index (χ1n) is 6.06. The molecule has 3 fully saturated rings. The molecule has 0 aliphatic carbocycles. The molecular formula is C12H18O3S2. The van der Waals surface area contributed by atoms with E-state index in [-0.39, 0.29) is 21.5 Å². The maximum absolute atomic E-state index is 11.5. The lowest BCUT2D eigenvalue weighted by molar-refractivity contribution is -0.148. The monoisotopic (exact) mass is 274 g/mol. The number of carbonyl (C=O) groups is 1. The van der Waals surface area contributed by atoms with E-state index < -0.39 is 11.6 Å². The number of hydrogen-bond acceptors (Lipinski definition) is 4. The highest BCUT2D eigenvalue weighted by atomic mass is 32.2. The van der Waals surface area contributed by atoms with Crippen molar-refractivity contribution in [2.75, 3.05) is 11.5 Å². The second-order valence-corrected chi connectivity index (χ2v) is 8.80. The zero-order valence-corrected chi connectivity index (χ0v) is 12.0. The van der Waals surface area contributed by atoms with E-state index in [0.29, 0.717) is 0 Å². The summed E-state index contributed by atoms with van der Waals surface area (Å²) < 4.78 is 6.34. The molecule has 0 aromatic heterocycles. The first-order chi connectivity index (χ1) is 7.85. The van der Waals surface area contributed by atoms with Gasteiger partial charge in [-0.1, -0.05) is 6.92 Å². The van der Waals surface area contributed by atoms with E-state index in [0.717, 1.165) is 17.9 Å². The fourth-order valence-corrected chi connectivity index (χ4v) is 7.98. The van der Waals surface area contributed by atoms with Gasteiger partial charge < -0.3 is 9.84 Å². The van der Waals surface area contributed by atoms with Gasteiger partial charge >= 0.3 is 5.97 Å². The van der Waals surface area contributed by atoms with Gasteiger partial charge in [0.05, 0.1) is 21.2 Å². The molecule has 0 saturated carbocycles. The van der Waals surface area contributed by atoms with Gasteiger partial charge in [0.1, 0.15) is 0 Å². The van der Waals surface area contributed by atoms with Crippen LogP contribution in [-0.4, -0.2) is 37.9 Å². The first-order valence-corrected chi connectivity index (χ1v) is 8.03. The summed E-state index contributed by atoms with van der Waals surface area (Å²) in [4.78, 5) is 11.5. The average Bonchev–Trinajstić information content (AvgIpc) is 2.77. The number of fused-ring (bicyclic) bond motifs is 3. The van der Waals surface area contributed by atoms with Crippen molar-refractivity contribution in [1.82, 2.24) is 0 Å². The van der Waals surface area contributed by atoms with Gasteiger partial charge in [0.2, 0.25) is 0 Å². The third-order valence-electron chi connectivity index (χ3n) is 4.83. The fourth-order valence-electron chi connectivity index (χ4n) is 4.01. The Kier molecular flexibility index (Phi) is 2.41. The summed E-state index contributed by atoms with van der Waals surface area (Å²) in [6, 6.07) is 0. The Morgan fingerprint density at radius 3 is 2.41 bits per heavy atom. The van der Waals surface area contributed by atoms with E-state index in [9.17, 15) is 9.90 Å². The van der Waals surface area contributed by atoms with Crippen LogP contribution in [0.2, 0.25) is 0 Å². The number of thioether (sulfide) groups is 2. The van der Waals surface area contributed by atoms with Crippen LogP contribution in [0.5, 0.6) is 0 Å². The molecule has 0 amide bonds. The number of rotatable bonds is 1. The fraction of sp³-hybridized carbons (Fsp3) is 0.917. The van der Waals surface area contributed by atoms with Crippen LogP contribution in [0.3, 0.4) is 0 Å². The average molecular weight is 274 g/mol.